The molecule has 1 saturated heterocycles. The van der Waals surface area contributed by atoms with Gasteiger partial charge in [0.2, 0.25) is 10.0 Å². The van der Waals surface area contributed by atoms with Crippen molar-refractivity contribution in [2.75, 3.05) is 25.5 Å². The quantitative estimate of drug-likeness (QED) is 0.688. The maximum atomic E-state index is 12.6. The zero-order valence-electron chi connectivity index (χ0n) is 15.2. The van der Waals surface area contributed by atoms with Gasteiger partial charge in [-0.2, -0.15) is 4.31 Å². The van der Waals surface area contributed by atoms with Crippen molar-refractivity contribution in [2.24, 2.45) is 0 Å². The summed E-state index contributed by atoms with van der Waals surface area (Å²) in [5, 5.41) is 3.24. The molecule has 1 N–H and O–H groups in total. The topological polar surface area (TPSA) is 88.6 Å². The molecule has 7 nitrogen and oxygen atoms in total. The molecule has 0 spiro atoms. The van der Waals surface area contributed by atoms with Gasteiger partial charge < -0.3 is 4.74 Å². The van der Waals surface area contributed by atoms with Gasteiger partial charge in [-0.1, -0.05) is 11.3 Å². The molecule has 9 heteroatoms. The average molecular weight is 418 g/mol. The predicted molar refractivity (Wildman–Crippen MR) is 109 cm³/mol. The van der Waals surface area contributed by atoms with E-state index >= 15 is 0 Å². The van der Waals surface area contributed by atoms with Gasteiger partial charge in [0.25, 0.3) is 5.91 Å². The summed E-state index contributed by atoms with van der Waals surface area (Å²) in [5.74, 6) is 0.389. The van der Waals surface area contributed by atoms with Crippen molar-refractivity contribution < 1.29 is 17.9 Å². The molecule has 28 heavy (non-hydrogen) atoms. The summed E-state index contributed by atoms with van der Waals surface area (Å²) >= 11 is 1.35. The Hall–Kier alpha value is -2.49. The molecule has 1 fully saturated rings. The Kier molecular flexibility index (Phi) is 5.05. The van der Waals surface area contributed by atoms with Gasteiger partial charge in [-0.15, -0.1) is 0 Å². The monoisotopic (exact) mass is 417 g/mol. The fourth-order valence-electron chi connectivity index (χ4n) is 3.11. The van der Waals surface area contributed by atoms with Crippen molar-refractivity contribution in [3.63, 3.8) is 0 Å². The van der Waals surface area contributed by atoms with E-state index in [0.717, 1.165) is 28.8 Å². The Morgan fingerprint density at radius 3 is 2.54 bits per heavy atom. The second-order valence-electron chi connectivity index (χ2n) is 6.44. The van der Waals surface area contributed by atoms with Crippen molar-refractivity contribution >= 4 is 42.6 Å². The molecule has 2 aromatic carbocycles. The van der Waals surface area contributed by atoms with Gasteiger partial charge in [0.05, 0.1) is 22.2 Å². The first-order chi connectivity index (χ1) is 13.5. The maximum Gasteiger partial charge on any atom is 0.257 e. The molecule has 146 valence electrons. The van der Waals surface area contributed by atoms with Crippen molar-refractivity contribution in [3.8, 4) is 5.75 Å². The van der Waals surface area contributed by atoms with Crippen LogP contribution in [0.3, 0.4) is 0 Å². The number of hydrogen-bond donors (Lipinski definition) is 1. The van der Waals surface area contributed by atoms with E-state index in [2.05, 4.69) is 10.3 Å². The standard InChI is InChI=1S/C19H19N3O4S2/c1-26-14-6-9-16-17(12-14)27-19(20-16)21-18(23)13-4-7-15(8-5-13)28(24,25)22-10-2-3-11-22/h4-9,12H,2-3,10-11H2,1H3,(H,20,21,23). The normalized spacial score (nSPS) is 15.0. The Morgan fingerprint density at radius 2 is 1.86 bits per heavy atom. The van der Waals surface area contributed by atoms with E-state index in [0.29, 0.717) is 23.8 Å². The summed E-state index contributed by atoms with van der Waals surface area (Å²) in [6.45, 7) is 1.10. The largest absolute Gasteiger partial charge is 0.497 e. The van der Waals surface area contributed by atoms with E-state index < -0.39 is 10.0 Å². The summed E-state index contributed by atoms with van der Waals surface area (Å²) in [6, 6.07) is 11.5. The molecule has 0 unspecified atom stereocenters. The maximum absolute atomic E-state index is 12.6. The van der Waals surface area contributed by atoms with E-state index in [4.69, 9.17) is 4.74 Å². The Morgan fingerprint density at radius 1 is 1.14 bits per heavy atom. The van der Waals surface area contributed by atoms with E-state index in [1.165, 1.54) is 39.9 Å². The number of benzene rings is 2. The van der Waals surface area contributed by atoms with Crippen LogP contribution in [0.15, 0.2) is 47.4 Å². The number of carbonyl (C=O) groups is 1. The Labute approximate surface area is 167 Å². The zero-order valence-corrected chi connectivity index (χ0v) is 16.8. The minimum absolute atomic E-state index is 0.207. The van der Waals surface area contributed by atoms with Crippen molar-refractivity contribution in [1.82, 2.24) is 9.29 Å². The van der Waals surface area contributed by atoms with Crippen LogP contribution in [-0.2, 0) is 10.0 Å². The van der Waals surface area contributed by atoms with Crippen molar-refractivity contribution in [2.45, 2.75) is 17.7 Å². The molecule has 0 atom stereocenters. The molecule has 0 radical (unpaired) electrons. The van der Waals surface area contributed by atoms with Crippen LogP contribution >= 0.6 is 11.3 Å². The van der Waals surface area contributed by atoms with Gasteiger partial charge in [0, 0.05) is 18.7 Å². The SMILES string of the molecule is COc1ccc2nc(NC(=O)c3ccc(S(=O)(=O)N4CCCC4)cc3)sc2c1. The highest BCUT2D eigenvalue weighted by molar-refractivity contribution is 7.89. The lowest BCUT2D eigenvalue weighted by Gasteiger charge is -2.15. The molecule has 2 heterocycles. The minimum atomic E-state index is -3.48. The number of sulfonamides is 1. The molecule has 1 amide bonds. The van der Waals surface area contributed by atoms with Crippen molar-refractivity contribution in [1.29, 1.82) is 0 Å². The number of anilines is 1. The highest BCUT2D eigenvalue weighted by Gasteiger charge is 2.27. The van der Waals surface area contributed by atoms with Crippen molar-refractivity contribution in [3.05, 3.63) is 48.0 Å². The summed E-state index contributed by atoms with van der Waals surface area (Å²) in [6.07, 6.45) is 1.77. The summed E-state index contributed by atoms with van der Waals surface area (Å²) in [4.78, 5) is 17.1. The lowest BCUT2D eigenvalue weighted by Crippen LogP contribution is -2.27. The lowest BCUT2D eigenvalue weighted by atomic mass is 10.2. The molecule has 1 aliphatic heterocycles. The van der Waals surface area contributed by atoms with E-state index in [-0.39, 0.29) is 10.8 Å². The molecule has 1 aliphatic rings. The summed E-state index contributed by atoms with van der Waals surface area (Å²) in [5.41, 5.74) is 1.14. The number of hydrogen-bond acceptors (Lipinski definition) is 6. The number of amides is 1. The van der Waals surface area contributed by atoms with E-state index in [1.54, 1.807) is 7.11 Å². The van der Waals surface area contributed by atoms with E-state index in [9.17, 15) is 13.2 Å². The predicted octanol–water partition coefficient (Wildman–Crippen LogP) is 3.34. The van der Waals surface area contributed by atoms with E-state index in [1.807, 2.05) is 18.2 Å². The van der Waals surface area contributed by atoms with Gasteiger partial charge in [-0.25, -0.2) is 13.4 Å². The smallest absolute Gasteiger partial charge is 0.257 e. The molecular formula is C19H19N3O4S2. The average Bonchev–Trinajstić information content (AvgIpc) is 3.37. The number of nitrogens with zero attached hydrogens (tertiary/aromatic N) is 2. The number of thiazole rings is 1. The van der Waals surface area contributed by atoms with Gasteiger partial charge in [0.15, 0.2) is 5.13 Å². The van der Waals surface area contributed by atoms with Crippen LogP contribution < -0.4 is 10.1 Å². The van der Waals surface area contributed by atoms with Crippen LogP contribution in [0, 0.1) is 0 Å². The Balaban J connectivity index is 1.51. The van der Waals surface area contributed by atoms with Gasteiger partial charge in [-0.3, -0.25) is 10.1 Å². The first-order valence-corrected chi connectivity index (χ1v) is 11.1. The molecule has 0 saturated carbocycles. The highest BCUT2D eigenvalue weighted by atomic mass is 32.2. The van der Waals surface area contributed by atoms with Gasteiger partial charge >= 0.3 is 0 Å². The summed E-state index contributed by atoms with van der Waals surface area (Å²) < 4.78 is 32.7. The second-order valence-corrected chi connectivity index (χ2v) is 9.41. The molecule has 0 aliphatic carbocycles. The van der Waals surface area contributed by atoms with Crippen LogP contribution in [-0.4, -0.2) is 43.8 Å². The van der Waals surface area contributed by atoms with Crippen LogP contribution in [0.25, 0.3) is 10.2 Å². The molecule has 0 bridgehead atoms. The zero-order chi connectivity index (χ0) is 19.7. The number of methoxy groups -OCH3 is 1. The van der Waals surface area contributed by atoms with Crippen LogP contribution in [0.1, 0.15) is 23.2 Å². The first kappa shape index (κ1) is 18.9. The first-order valence-electron chi connectivity index (χ1n) is 8.83. The number of carbonyl (C=O) groups excluding carboxylic acids is 1. The van der Waals surface area contributed by atoms with Crippen LogP contribution in [0.5, 0.6) is 5.75 Å². The third-order valence-electron chi connectivity index (χ3n) is 4.64. The fourth-order valence-corrected chi connectivity index (χ4v) is 5.52. The molecule has 1 aromatic heterocycles. The van der Waals surface area contributed by atoms with Crippen LogP contribution in [0.2, 0.25) is 0 Å². The molecule has 4 rings (SSSR count). The number of aromatic nitrogens is 1. The number of rotatable bonds is 5. The molecular weight excluding hydrogens is 398 g/mol. The highest BCUT2D eigenvalue weighted by Crippen LogP contribution is 2.29. The van der Waals surface area contributed by atoms with Gasteiger partial charge in [-0.05, 0) is 55.3 Å². The van der Waals surface area contributed by atoms with Crippen LogP contribution in [0.4, 0.5) is 5.13 Å². The van der Waals surface area contributed by atoms with Gasteiger partial charge in [0.1, 0.15) is 5.75 Å². The lowest BCUT2D eigenvalue weighted by molar-refractivity contribution is 0.102. The summed E-state index contributed by atoms with van der Waals surface area (Å²) in [7, 11) is -1.89. The number of ether oxygens (including phenoxy) is 1. The second kappa shape index (κ2) is 7.50. The number of fused-ring (bicyclic) bond motifs is 1. The molecule has 3 aromatic rings. The Bertz CT molecular complexity index is 1120. The minimum Gasteiger partial charge on any atom is -0.497 e. The number of nitrogens with one attached hydrogen (secondary N) is 1. The third-order valence-corrected chi connectivity index (χ3v) is 7.48. The third kappa shape index (κ3) is 3.60. The fraction of sp³-hybridized carbons (Fsp3) is 0.263.